The first kappa shape index (κ1) is 29.2. The Bertz CT molecular complexity index is 1160. The normalized spacial score (nSPS) is 30.3. The molecule has 2 heterocycles. The van der Waals surface area contributed by atoms with Gasteiger partial charge >= 0.3 is 5.97 Å². The van der Waals surface area contributed by atoms with Gasteiger partial charge in [0.2, 0.25) is 0 Å². The first-order valence-electron chi connectivity index (χ1n) is 13.2. The molecule has 0 spiro atoms. The number of allylic oxidation sites excluding steroid dienone is 1. The van der Waals surface area contributed by atoms with Crippen molar-refractivity contribution in [3.05, 3.63) is 46.5 Å². The van der Waals surface area contributed by atoms with Crippen LogP contribution in [0.3, 0.4) is 0 Å². The van der Waals surface area contributed by atoms with Crippen molar-refractivity contribution in [2.24, 2.45) is 17.3 Å². The van der Waals surface area contributed by atoms with Gasteiger partial charge in [0, 0.05) is 12.3 Å². The number of hydrogen-bond donors (Lipinski definition) is 2. The summed E-state index contributed by atoms with van der Waals surface area (Å²) in [7, 11) is 0. The Labute approximate surface area is 224 Å². The average molecular weight is 528 g/mol. The van der Waals surface area contributed by atoms with Gasteiger partial charge in [-0.2, -0.15) is 0 Å². The van der Waals surface area contributed by atoms with Crippen LogP contribution in [0, 0.1) is 24.2 Å². The van der Waals surface area contributed by atoms with Crippen LogP contribution in [0.25, 0.3) is 16.3 Å². The number of nitrogens with zero attached hydrogens (tertiary/aromatic N) is 1. The largest absolute Gasteiger partial charge is 0.458 e. The second kappa shape index (κ2) is 12.5. The zero-order valence-corrected chi connectivity index (χ0v) is 23.7. The molecular weight excluding hydrogens is 486 g/mol. The van der Waals surface area contributed by atoms with E-state index in [1.54, 1.807) is 32.1 Å². The molecular formula is C30H41NO5S. The summed E-state index contributed by atoms with van der Waals surface area (Å²) >= 11 is 1.65. The number of fused-ring (bicyclic) bond motifs is 1. The summed E-state index contributed by atoms with van der Waals surface area (Å²) in [6, 6.07) is 6.08. The molecule has 0 amide bonds. The number of ketones is 1. The van der Waals surface area contributed by atoms with Crippen LogP contribution >= 0.6 is 11.3 Å². The fourth-order valence-corrected chi connectivity index (χ4v) is 5.68. The van der Waals surface area contributed by atoms with Crippen molar-refractivity contribution < 1.29 is 24.5 Å². The average Bonchev–Trinajstić information content (AvgIpc) is 3.22. The van der Waals surface area contributed by atoms with Crippen molar-refractivity contribution in [3.8, 4) is 0 Å². The molecule has 1 aliphatic heterocycles. The molecule has 0 fully saturated rings. The highest BCUT2D eigenvalue weighted by molar-refractivity contribution is 7.18. The van der Waals surface area contributed by atoms with Crippen LogP contribution in [0.4, 0.5) is 0 Å². The predicted molar refractivity (Wildman–Crippen MR) is 149 cm³/mol. The standard InChI is InChI=1S/C30H41NO5S/c1-18-8-7-9-19(2)28(34)20(3)29(35)30(5,6)26(32)17-27(33)36-23(13-10-18)14-11-22-12-15-25-24(16-22)31-21(4)37-25/h10-12,14-16,19-20,23,26,28,32,34H,7-9,13,17H2,1-6H3/b14-11+,18-10-/t19-,20+,23-,26+,28-/m0/s1. The van der Waals surface area contributed by atoms with Gasteiger partial charge in [-0.15, -0.1) is 11.3 Å². The van der Waals surface area contributed by atoms with E-state index in [2.05, 4.69) is 18.0 Å². The number of cyclic esters (lactones) is 1. The molecule has 2 N–H and O–H groups in total. The van der Waals surface area contributed by atoms with E-state index in [1.165, 1.54) is 5.57 Å². The molecule has 0 aliphatic carbocycles. The molecule has 0 bridgehead atoms. The number of rotatable bonds is 2. The zero-order chi connectivity index (χ0) is 27.3. The molecule has 3 rings (SSSR count). The lowest BCUT2D eigenvalue weighted by Crippen LogP contribution is -2.45. The number of hydrogen-bond acceptors (Lipinski definition) is 7. The second-order valence-electron chi connectivity index (χ2n) is 11.1. The number of carbonyl (C=O) groups excluding carboxylic acids is 2. The van der Waals surface area contributed by atoms with Crippen LogP contribution in [-0.4, -0.2) is 45.3 Å². The van der Waals surface area contributed by atoms with Crippen molar-refractivity contribution in [1.29, 1.82) is 0 Å². The summed E-state index contributed by atoms with van der Waals surface area (Å²) in [6.45, 7) is 11.0. The molecule has 0 radical (unpaired) electrons. The first-order valence-corrected chi connectivity index (χ1v) is 14.0. The number of aliphatic hydroxyl groups excluding tert-OH is 2. The van der Waals surface area contributed by atoms with E-state index < -0.39 is 35.6 Å². The van der Waals surface area contributed by atoms with Gasteiger partial charge in [-0.1, -0.05) is 51.5 Å². The Hall–Kier alpha value is -2.35. The van der Waals surface area contributed by atoms with Gasteiger partial charge in [0.1, 0.15) is 11.9 Å². The molecule has 1 aliphatic rings. The van der Waals surface area contributed by atoms with E-state index in [0.717, 1.165) is 40.1 Å². The van der Waals surface area contributed by atoms with Gasteiger partial charge in [-0.3, -0.25) is 9.59 Å². The maximum absolute atomic E-state index is 13.2. The number of benzene rings is 1. The number of carbonyl (C=O) groups is 2. The van der Waals surface area contributed by atoms with E-state index in [1.807, 2.05) is 44.2 Å². The molecule has 1 aromatic heterocycles. The van der Waals surface area contributed by atoms with Crippen LogP contribution in [0.1, 0.15) is 77.3 Å². The number of esters is 1. The smallest absolute Gasteiger partial charge is 0.309 e. The Morgan fingerprint density at radius 1 is 1.16 bits per heavy atom. The number of aryl methyl sites for hydroxylation is 1. The van der Waals surface area contributed by atoms with Crippen LogP contribution in [0.5, 0.6) is 0 Å². The van der Waals surface area contributed by atoms with E-state index in [9.17, 15) is 19.8 Å². The van der Waals surface area contributed by atoms with Gasteiger partial charge in [-0.25, -0.2) is 4.98 Å². The minimum atomic E-state index is -1.22. The monoisotopic (exact) mass is 527 g/mol. The van der Waals surface area contributed by atoms with E-state index in [-0.39, 0.29) is 18.1 Å². The van der Waals surface area contributed by atoms with Crippen LogP contribution in [0.2, 0.25) is 0 Å². The quantitative estimate of drug-likeness (QED) is 0.366. The lowest BCUT2D eigenvalue weighted by Gasteiger charge is -2.34. The maximum atomic E-state index is 13.2. The van der Waals surface area contributed by atoms with Gasteiger partial charge < -0.3 is 14.9 Å². The van der Waals surface area contributed by atoms with Crippen LogP contribution in [-0.2, 0) is 14.3 Å². The molecule has 202 valence electrons. The third-order valence-corrected chi connectivity index (χ3v) is 8.52. The Balaban J connectivity index is 1.83. The molecule has 1 aromatic carbocycles. The van der Waals surface area contributed by atoms with E-state index >= 15 is 0 Å². The van der Waals surface area contributed by atoms with Gasteiger partial charge in [0.15, 0.2) is 0 Å². The topological polar surface area (TPSA) is 96.7 Å². The lowest BCUT2D eigenvalue weighted by atomic mass is 9.73. The summed E-state index contributed by atoms with van der Waals surface area (Å²) in [5.41, 5.74) is 1.90. The molecule has 6 nitrogen and oxygen atoms in total. The summed E-state index contributed by atoms with van der Waals surface area (Å²) in [5.74, 6) is -1.51. The fraction of sp³-hybridized carbons (Fsp3) is 0.567. The molecule has 7 heteroatoms. The Morgan fingerprint density at radius 2 is 1.89 bits per heavy atom. The minimum Gasteiger partial charge on any atom is -0.458 e. The summed E-state index contributed by atoms with van der Waals surface area (Å²) in [6.07, 6.45) is 6.14. The number of ether oxygens (including phenoxy) is 1. The SMILES string of the molecule is C/C1=C/C[C@@H](/C=C/c2ccc3sc(C)nc3c2)OC(=O)C[C@@H](O)C(C)(C)C(=O)[C@H](C)[C@@H](O)[C@@H](C)CCC1. The third-order valence-electron chi connectivity index (χ3n) is 7.57. The van der Waals surface area contributed by atoms with Gasteiger partial charge in [0.05, 0.1) is 39.3 Å². The highest BCUT2D eigenvalue weighted by atomic mass is 32.1. The maximum Gasteiger partial charge on any atom is 0.309 e. The Kier molecular flexibility index (Phi) is 9.84. The summed E-state index contributed by atoms with van der Waals surface area (Å²) < 4.78 is 6.90. The third kappa shape index (κ3) is 7.59. The number of aliphatic hydroxyl groups is 2. The molecule has 37 heavy (non-hydrogen) atoms. The van der Waals surface area contributed by atoms with Crippen molar-refractivity contribution in [2.45, 2.75) is 92.0 Å². The zero-order valence-electron chi connectivity index (χ0n) is 22.9. The summed E-state index contributed by atoms with van der Waals surface area (Å²) in [5, 5.41) is 22.7. The minimum absolute atomic E-state index is 0.0490. The molecule has 0 saturated carbocycles. The molecule has 5 atom stereocenters. The van der Waals surface area contributed by atoms with Gasteiger partial charge in [0.25, 0.3) is 0 Å². The second-order valence-corrected chi connectivity index (χ2v) is 12.3. The highest BCUT2D eigenvalue weighted by Crippen LogP contribution is 2.32. The highest BCUT2D eigenvalue weighted by Gasteiger charge is 2.42. The fourth-order valence-electron chi connectivity index (χ4n) is 4.87. The Morgan fingerprint density at radius 3 is 2.62 bits per heavy atom. The molecule has 0 unspecified atom stereocenters. The first-order chi connectivity index (χ1) is 17.4. The van der Waals surface area contributed by atoms with Crippen molar-refractivity contribution in [2.75, 3.05) is 0 Å². The lowest BCUT2D eigenvalue weighted by molar-refractivity contribution is -0.153. The van der Waals surface area contributed by atoms with Crippen molar-refractivity contribution in [3.63, 3.8) is 0 Å². The molecule has 0 saturated heterocycles. The number of thiazole rings is 1. The van der Waals surface area contributed by atoms with Crippen molar-refractivity contribution >= 4 is 39.4 Å². The number of Topliss-reactive ketones (excluding diaryl/α,β-unsaturated/α-hetero) is 1. The van der Waals surface area contributed by atoms with Crippen molar-refractivity contribution in [1.82, 2.24) is 4.98 Å². The van der Waals surface area contributed by atoms with Gasteiger partial charge in [-0.05, 0) is 62.8 Å². The summed E-state index contributed by atoms with van der Waals surface area (Å²) in [4.78, 5) is 30.6. The van der Waals surface area contributed by atoms with E-state index in [4.69, 9.17) is 4.74 Å². The van der Waals surface area contributed by atoms with Crippen LogP contribution < -0.4 is 0 Å². The van der Waals surface area contributed by atoms with Crippen LogP contribution in [0.15, 0.2) is 35.9 Å². The van der Waals surface area contributed by atoms with E-state index in [0.29, 0.717) is 6.42 Å². The number of aromatic nitrogens is 1. The predicted octanol–water partition coefficient (Wildman–Crippen LogP) is 6.03. The molecule has 2 aromatic rings.